The highest BCUT2D eigenvalue weighted by molar-refractivity contribution is 5.96. The van der Waals surface area contributed by atoms with Gasteiger partial charge in [0.15, 0.2) is 0 Å². The molecular weight excluding hydrogens is 328 g/mol. The lowest BCUT2D eigenvalue weighted by atomic mass is 9.99. The number of carbonyl (C=O) groups excluding carboxylic acids is 2. The van der Waals surface area contributed by atoms with Gasteiger partial charge in [-0.15, -0.1) is 0 Å². The predicted molar refractivity (Wildman–Crippen MR) is 98.6 cm³/mol. The monoisotopic (exact) mass is 352 g/mol. The van der Waals surface area contributed by atoms with E-state index < -0.39 is 0 Å². The Labute approximate surface area is 153 Å². The van der Waals surface area contributed by atoms with Gasteiger partial charge < -0.3 is 10.2 Å². The summed E-state index contributed by atoms with van der Waals surface area (Å²) in [6.45, 7) is 3.26. The molecule has 2 aromatic heterocycles. The molecule has 0 aromatic carbocycles. The number of nitrogens with one attached hydrogen (secondary N) is 1. The summed E-state index contributed by atoms with van der Waals surface area (Å²) in [6.07, 6.45) is 7.53. The van der Waals surface area contributed by atoms with E-state index in [9.17, 15) is 9.59 Å². The Morgan fingerprint density at radius 1 is 1.15 bits per heavy atom. The molecule has 0 spiro atoms. The number of likely N-dealkylation sites (tertiary alicyclic amines) is 1. The van der Waals surface area contributed by atoms with E-state index >= 15 is 0 Å². The van der Waals surface area contributed by atoms with Gasteiger partial charge in [0.1, 0.15) is 11.4 Å². The lowest BCUT2D eigenvalue weighted by Crippen LogP contribution is -2.43. The highest BCUT2D eigenvalue weighted by Gasteiger charge is 2.27. The molecular formula is C20H24N4O2. The van der Waals surface area contributed by atoms with Crippen molar-refractivity contribution in [2.45, 2.75) is 45.2 Å². The molecule has 0 saturated carbocycles. The van der Waals surface area contributed by atoms with Crippen molar-refractivity contribution in [1.82, 2.24) is 20.2 Å². The first-order valence-electron chi connectivity index (χ1n) is 9.14. The van der Waals surface area contributed by atoms with Gasteiger partial charge in [-0.2, -0.15) is 0 Å². The zero-order chi connectivity index (χ0) is 18.4. The number of nitrogens with zero attached hydrogens (tertiary/aromatic N) is 3. The van der Waals surface area contributed by atoms with E-state index in [1.54, 1.807) is 30.6 Å². The first-order chi connectivity index (χ1) is 12.7. The number of pyridine rings is 2. The Kier molecular flexibility index (Phi) is 5.94. The second-order valence-electron chi connectivity index (χ2n) is 6.50. The summed E-state index contributed by atoms with van der Waals surface area (Å²) in [6, 6.07) is 8.98. The molecule has 3 rings (SSSR count). The molecule has 0 bridgehead atoms. The third-order valence-electron chi connectivity index (χ3n) is 4.76. The third kappa shape index (κ3) is 4.25. The Morgan fingerprint density at radius 3 is 2.69 bits per heavy atom. The molecule has 1 saturated heterocycles. The smallest absolute Gasteiger partial charge is 0.272 e. The quantitative estimate of drug-likeness (QED) is 0.898. The molecule has 6 nitrogen and oxygen atoms in total. The molecule has 1 N–H and O–H groups in total. The molecule has 136 valence electrons. The van der Waals surface area contributed by atoms with Gasteiger partial charge in [0.2, 0.25) is 0 Å². The topological polar surface area (TPSA) is 75.2 Å². The van der Waals surface area contributed by atoms with E-state index in [-0.39, 0.29) is 23.6 Å². The van der Waals surface area contributed by atoms with Crippen molar-refractivity contribution in [2.75, 3.05) is 6.54 Å². The fourth-order valence-electron chi connectivity index (χ4n) is 3.29. The van der Waals surface area contributed by atoms with Crippen LogP contribution in [0.1, 0.15) is 59.1 Å². The molecule has 6 heteroatoms. The third-order valence-corrected chi connectivity index (χ3v) is 4.76. The molecule has 0 radical (unpaired) electrons. The van der Waals surface area contributed by atoms with Crippen LogP contribution in [0, 0.1) is 0 Å². The summed E-state index contributed by atoms with van der Waals surface area (Å²) in [4.78, 5) is 35.4. The van der Waals surface area contributed by atoms with E-state index in [0.29, 0.717) is 12.2 Å². The van der Waals surface area contributed by atoms with Crippen LogP contribution in [0.25, 0.3) is 0 Å². The summed E-state index contributed by atoms with van der Waals surface area (Å²) in [5, 5.41) is 2.83. The Balaban J connectivity index is 1.69. The maximum Gasteiger partial charge on any atom is 0.272 e. The van der Waals surface area contributed by atoms with Gasteiger partial charge in [-0.05, 0) is 55.5 Å². The van der Waals surface area contributed by atoms with Crippen molar-refractivity contribution in [2.24, 2.45) is 0 Å². The summed E-state index contributed by atoms with van der Waals surface area (Å²) >= 11 is 0. The minimum atomic E-state index is -0.290. The first kappa shape index (κ1) is 18.0. The number of rotatable bonds is 5. The Bertz CT molecular complexity index is 763. The normalized spacial score (nSPS) is 17.0. The molecule has 2 aromatic rings. The van der Waals surface area contributed by atoms with Gasteiger partial charge in [0.05, 0.1) is 0 Å². The summed E-state index contributed by atoms with van der Waals surface area (Å²) in [7, 11) is 0. The number of piperidine rings is 1. The molecule has 1 fully saturated rings. The van der Waals surface area contributed by atoms with Crippen LogP contribution < -0.4 is 5.32 Å². The number of carbonyl (C=O) groups is 2. The Hall–Kier alpha value is -2.76. The number of aromatic nitrogens is 2. The predicted octanol–water partition coefficient (Wildman–Crippen LogP) is 2.81. The molecule has 1 aliphatic heterocycles. The van der Waals surface area contributed by atoms with Crippen molar-refractivity contribution >= 4 is 11.8 Å². The number of hydrogen-bond acceptors (Lipinski definition) is 4. The summed E-state index contributed by atoms with van der Waals surface area (Å²) in [5.41, 5.74) is 1.55. The molecule has 1 atom stereocenters. The van der Waals surface area contributed by atoms with E-state index in [2.05, 4.69) is 22.2 Å². The fraction of sp³-hybridized carbons (Fsp3) is 0.400. The van der Waals surface area contributed by atoms with Gasteiger partial charge in [-0.3, -0.25) is 14.6 Å². The second kappa shape index (κ2) is 8.56. The SMILES string of the molecule is CCC1CCCCN1C(=O)c1cccc(C(=O)NCc2ccncc2)n1. The zero-order valence-corrected chi connectivity index (χ0v) is 15.0. The van der Waals surface area contributed by atoms with Crippen LogP contribution in [-0.4, -0.2) is 39.3 Å². The lowest BCUT2D eigenvalue weighted by Gasteiger charge is -2.35. The average Bonchev–Trinajstić information content (AvgIpc) is 2.72. The van der Waals surface area contributed by atoms with Crippen molar-refractivity contribution < 1.29 is 9.59 Å². The zero-order valence-electron chi connectivity index (χ0n) is 15.0. The highest BCUT2D eigenvalue weighted by atomic mass is 16.2. The molecule has 1 aliphatic rings. The van der Waals surface area contributed by atoms with Crippen molar-refractivity contribution in [3.63, 3.8) is 0 Å². The van der Waals surface area contributed by atoms with E-state index in [4.69, 9.17) is 0 Å². The second-order valence-corrected chi connectivity index (χ2v) is 6.50. The van der Waals surface area contributed by atoms with Crippen LogP contribution in [0.2, 0.25) is 0 Å². The largest absolute Gasteiger partial charge is 0.347 e. The maximum atomic E-state index is 12.8. The maximum absolute atomic E-state index is 12.8. The molecule has 3 heterocycles. The number of amides is 2. The molecule has 2 amide bonds. The van der Waals surface area contributed by atoms with Crippen LogP contribution in [0.5, 0.6) is 0 Å². The van der Waals surface area contributed by atoms with Gasteiger partial charge >= 0.3 is 0 Å². The van der Waals surface area contributed by atoms with E-state index in [0.717, 1.165) is 37.8 Å². The van der Waals surface area contributed by atoms with Crippen molar-refractivity contribution in [1.29, 1.82) is 0 Å². The molecule has 0 aliphatic carbocycles. The average molecular weight is 352 g/mol. The summed E-state index contributed by atoms with van der Waals surface area (Å²) in [5.74, 6) is -0.373. The van der Waals surface area contributed by atoms with Crippen LogP contribution in [-0.2, 0) is 6.54 Å². The van der Waals surface area contributed by atoms with Gasteiger partial charge in [0.25, 0.3) is 11.8 Å². The summed E-state index contributed by atoms with van der Waals surface area (Å²) < 4.78 is 0. The van der Waals surface area contributed by atoms with Crippen LogP contribution in [0.4, 0.5) is 0 Å². The van der Waals surface area contributed by atoms with Crippen molar-refractivity contribution in [3.8, 4) is 0 Å². The molecule has 1 unspecified atom stereocenters. The van der Waals surface area contributed by atoms with Gasteiger partial charge in [0, 0.05) is 31.5 Å². The first-order valence-corrected chi connectivity index (χ1v) is 9.14. The van der Waals surface area contributed by atoms with Crippen molar-refractivity contribution in [3.05, 3.63) is 59.7 Å². The minimum Gasteiger partial charge on any atom is -0.347 e. The van der Waals surface area contributed by atoms with Crippen LogP contribution in [0.15, 0.2) is 42.7 Å². The van der Waals surface area contributed by atoms with E-state index in [1.165, 1.54) is 0 Å². The lowest BCUT2D eigenvalue weighted by molar-refractivity contribution is 0.0602. The molecule has 26 heavy (non-hydrogen) atoms. The van der Waals surface area contributed by atoms with Crippen LogP contribution >= 0.6 is 0 Å². The minimum absolute atomic E-state index is 0.0830. The van der Waals surface area contributed by atoms with Crippen LogP contribution in [0.3, 0.4) is 0 Å². The fourth-order valence-corrected chi connectivity index (χ4v) is 3.29. The Morgan fingerprint density at radius 2 is 1.92 bits per heavy atom. The van der Waals surface area contributed by atoms with E-state index in [1.807, 2.05) is 17.0 Å². The van der Waals surface area contributed by atoms with Gasteiger partial charge in [-0.1, -0.05) is 13.0 Å². The number of hydrogen-bond donors (Lipinski definition) is 1. The van der Waals surface area contributed by atoms with Gasteiger partial charge in [-0.25, -0.2) is 4.98 Å². The highest BCUT2D eigenvalue weighted by Crippen LogP contribution is 2.21. The standard InChI is InChI=1S/C20H24N4O2/c1-2-16-6-3-4-13-24(16)20(26)18-8-5-7-17(23-18)19(25)22-14-15-9-11-21-12-10-15/h5,7-12,16H,2-4,6,13-14H2,1H3,(H,22,25).